The molecule has 2 saturated heterocycles. The number of ether oxygens (including phenoxy) is 1. The second-order valence-corrected chi connectivity index (χ2v) is 11.8. The molecule has 190 valence electrons. The van der Waals surface area contributed by atoms with Crippen LogP contribution in [-0.4, -0.2) is 57.3 Å². The first-order valence-corrected chi connectivity index (χ1v) is 13.2. The smallest absolute Gasteiger partial charge is 0.309 e. The second kappa shape index (κ2) is 11.0. The van der Waals surface area contributed by atoms with Crippen LogP contribution in [0.3, 0.4) is 0 Å². The summed E-state index contributed by atoms with van der Waals surface area (Å²) in [5.74, 6) is -1.43. The van der Waals surface area contributed by atoms with E-state index in [1.165, 1.54) is 0 Å². The Labute approximate surface area is 207 Å². The third-order valence-electron chi connectivity index (χ3n) is 7.58. The molecular formula is C26H40N2O5S. The largest absolute Gasteiger partial charge is 0.458 e. The summed E-state index contributed by atoms with van der Waals surface area (Å²) in [4.78, 5) is 30.5. The quantitative estimate of drug-likeness (QED) is 0.426. The number of nitrogens with one attached hydrogen (secondary N) is 1. The number of aromatic nitrogens is 1. The van der Waals surface area contributed by atoms with Gasteiger partial charge in [-0.05, 0) is 44.3 Å². The Morgan fingerprint density at radius 1 is 1.24 bits per heavy atom. The normalized spacial score (nSPS) is 36.0. The number of ketones is 1. The van der Waals surface area contributed by atoms with E-state index >= 15 is 0 Å². The summed E-state index contributed by atoms with van der Waals surface area (Å²) >= 11 is 1.57. The zero-order chi connectivity index (χ0) is 25.2. The highest BCUT2D eigenvalue weighted by atomic mass is 32.1. The van der Waals surface area contributed by atoms with Crippen molar-refractivity contribution in [2.75, 3.05) is 0 Å². The molecule has 0 bridgehead atoms. The number of fused-ring (bicyclic) bond motifs is 1. The Balaban J connectivity index is 1.81. The molecule has 0 radical (unpaired) electrons. The van der Waals surface area contributed by atoms with E-state index in [4.69, 9.17) is 4.74 Å². The molecule has 2 fully saturated rings. The molecule has 0 spiro atoms. The van der Waals surface area contributed by atoms with Gasteiger partial charge < -0.3 is 20.3 Å². The van der Waals surface area contributed by atoms with Crippen molar-refractivity contribution in [3.63, 3.8) is 0 Å². The number of cyclic esters (lactones) is 1. The molecule has 0 aromatic carbocycles. The fourth-order valence-corrected chi connectivity index (χ4v) is 5.49. The Morgan fingerprint density at radius 2 is 1.94 bits per heavy atom. The highest BCUT2D eigenvalue weighted by Crippen LogP contribution is 2.33. The van der Waals surface area contributed by atoms with Crippen LogP contribution >= 0.6 is 11.3 Å². The van der Waals surface area contributed by atoms with E-state index in [1.54, 1.807) is 32.1 Å². The Hall–Kier alpha value is -1.61. The predicted molar refractivity (Wildman–Crippen MR) is 133 cm³/mol. The number of thiazole rings is 1. The Morgan fingerprint density at radius 3 is 2.59 bits per heavy atom. The third-order valence-corrected chi connectivity index (χ3v) is 8.37. The molecule has 0 aliphatic carbocycles. The van der Waals surface area contributed by atoms with Crippen LogP contribution in [0.5, 0.6) is 0 Å². The van der Waals surface area contributed by atoms with Gasteiger partial charge in [0.05, 0.1) is 34.7 Å². The molecule has 3 rings (SSSR count). The van der Waals surface area contributed by atoms with Gasteiger partial charge in [-0.2, -0.15) is 0 Å². The van der Waals surface area contributed by atoms with Gasteiger partial charge in [0, 0.05) is 29.8 Å². The van der Waals surface area contributed by atoms with E-state index in [-0.39, 0.29) is 24.2 Å². The number of hydrogen-bond acceptors (Lipinski definition) is 8. The number of esters is 1. The van der Waals surface area contributed by atoms with E-state index in [0.717, 1.165) is 35.5 Å². The predicted octanol–water partition coefficient (Wildman–Crippen LogP) is 3.66. The van der Waals surface area contributed by atoms with E-state index in [9.17, 15) is 19.8 Å². The van der Waals surface area contributed by atoms with Gasteiger partial charge in [-0.25, -0.2) is 4.98 Å². The topological polar surface area (TPSA) is 119 Å². The van der Waals surface area contributed by atoms with Crippen LogP contribution in [-0.2, 0) is 14.3 Å². The zero-order valence-electron chi connectivity index (χ0n) is 21.2. The van der Waals surface area contributed by atoms with Crippen LogP contribution in [0.1, 0.15) is 77.4 Å². The standard InChI is InChI=1S/C26H40N2O5S/c1-14-8-7-9-19-20(28-19)11-21(15(2)10-18-13-34-17(4)27-18)33-23(30)12-22(29)26(5,6)25(32)16(3)24(14)31/h10,13-14,16,19-22,24,28-29,31H,7-9,11-12H2,1-6H3/b15-10+/t14-,16?,19+,20-,21?,22?,24-/m0/s1. The number of nitrogens with zero attached hydrogens (tertiary/aromatic N) is 1. The van der Waals surface area contributed by atoms with Crippen molar-refractivity contribution in [1.82, 2.24) is 10.3 Å². The lowest BCUT2D eigenvalue weighted by atomic mass is 9.73. The minimum Gasteiger partial charge on any atom is -0.458 e. The highest BCUT2D eigenvalue weighted by Gasteiger charge is 2.43. The average molecular weight is 493 g/mol. The lowest BCUT2D eigenvalue weighted by Gasteiger charge is -2.34. The van der Waals surface area contributed by atoms with Crippen LogP contribution < -0.4 is 5.32 Å². The maximum Gasteiger partial charge on any atom is 0.309 e. The van der Waals surface area contributed by atoms with Crippen molar-refractivity contribution in [3.05, 3.63) is 21.7 Å². The van der Waals surface area contributed by atoms with Crippen molar-refractivity contribution in [3.8, 4) is 0 Å². The monoisotopic (exact) mass is 492 g/mol. The molecule has 0 saturated carbocycles. The summed E-state index contributed by atoms with van der Waals surface area (Å²) in [6, 6.07) is 0.615. The number of rotatable bonds is 2. The molecule has 0 amide bonds. The van der Waals surface area contributed by atoms with Crippen molar-refractivity contribution in [2.24, 2.45) is 17.3 Å². The fourth-order valence-electron chi connectivity index (χ4n) is 4.92. The summed E-state index contributed by atoms with van der Waals surface area (Å²) in [7, 11) is 0. The molecule has 2 aliphatic rings. The van der Waals surface area contributed by atoms with Crippen molar-refractivity contribution in [1.29, 1.82) is 0 Å². The molecule has 7 nitrogen and oxygen atoms in total. The van der Waals surface area contributed by atoms with Gasteiger partial charge in [0.15, 0.2) is 0 Å². The van der Waals surface area contributed by atoms with E-state index < -0.39 is 35.6 Å². The second-order valence-electron chi connectivity index (χ2n) is 10.8. The molecule has 7 atom stereocenters. The van der Waals surface area contributed by atoms with Crippen LogP contribution in [0.25, 0.3) is 6.08 Å². The Bertz CT molecular complexity index is 911. The van der Waals surface area contributed by atoms with Crippen molar-refractivity contribution < 1.29 is 24.5 Å². The SMILES string of the molecule is C/C(=C\c1csc(C)n1)C1C[C@@H]2N[C@@H]2CCC[C@H](C)[C@H](O)C(C)C(=O)C(C)(C)C(O)CC(=O)O1. The van der Waals surface area contributed by atoms with E-state index in [2.05, 4.69) is 10.3 Å². The van der Waals surface area contributed by atoms with E-state index in [0.29, 0.717) is 12.5 Å². The molecule has 3 unspecified atom stereocenters. The summed E-state index contributed by atoms with van der Waals surface area (Å²) in [6.07, 6.45) is 2.64. The first-order valence-electron chi connectivity index (χ1n) is 12.4. The molecule has 3 N–H and O–H groups in total. The molecule has 8 heteroatoms. The lowest BCUT2D eigenvalue weighted by Crippen LogP contribution is -2.45. The molecule has 1 aromatic heterocycles. The summed E-state index contributed by atoms with van der Waals surface area (Å²) in [5.41, 5.74) is 0.567. The first kappa shape index (κ1) is 27.0. The number of carbonyl (C=O) groups is 2. The van der Waals surface area contributed by atoms with Crippen LogP contribution in [0, 0.1) is 24.2 Å². The summed E-state index contributed by atoms with van der Waals surface area (Å²) in [6.45, 7) is 10.8. The molecule has 3 heterocycles. The van der Waals surface area contributed by atoms with Crippen LogP contribution in [0.4, 0.5) is 0 Å². The third kappa shape index (κ3) is 6.53. The maximum absolute atomic E-state index is 13.2. The summed E-state index contributed by atoms with van der Waals surface area (Å²) < 4.78 is 5.86. The van der Waals surface area contributed by atoms with Crippen LogP contribution in [0.2, 0.25) is 0 Å². The fraction of sp³-hybridized carbons (Fsp3) is 0.731. The zero-order valence-corrected chi connectivity index (χ0v) is 22.0. The molecule has 1 aromatic rings. The summed E-state index contributed by atoms with van der Waals surface area (Å²) in [5, 5.41) is 28.1. The van der Waals surface area contributed by atoms with Gasteiger partial charge >= 0.3 is 5.97 Å². The average Bonchev–Trinajstić information content (AvgIpc) is 3.38. The van der Waals surface area contributed by atoms with Gasteiger partial charge in [-0.1, -0.05) is 34.1 Å². The van der Waals surface area contributed by atoms with Crippen molar-refractivity contribution in [2.45, 2.75) is 104 Å². The number of aliphatic hydroxyl groups is 2. The molecule has 2 aliphatic heterocycles. The van der Waals surface area contributed by atoms with Gasteiger partial charge in [-0.3, -0.25) is 9.59 Å². The van der Waals surface area contributed by atoms with E-state index in [1.807, 2.05) is 32.2 Å². The highest BCUT2D eigenvalue weighted by molar-refractivity contribution is 7.09. The van der Waals surface area contributed by atoms with Crippen molar-refractivity contribution >= 4 is 29.2 Å². The van der Waals surface area contributed by atoms with Gasteiger partial charge in [-0.15, -0.1) is 11.3 Å². The molecule has 34 heavy (non-hydrogen) atoms. The minimum atomic E-state index is -1.21. The van der Waals surface area contributed by atoms with Gasteiger partial charge in [0.25, 0.3) is 0 Å². The number of Topliss-reactive ketones (excluding diaryl/α,β-unsaturated/α-hetero) is 1. The number of aliphatic hydroxyl groups excluding tert-OH is 2. The van der Waals surface area contributed by atoms with Gasteiger partial charge in [0.2, 0.25) is 0 Å². The minimum absolute atomic E-state index is 0.0264. The van der Waals surface area contributed by atoms with Gasteiger partial charge in [0.1, 0.15) is 11.9 Å². The Kier molecular flexibility index (Phi) is 8.71. The lowest BCUT2D eigenvalue weighted by molar-refractivity contribution is -0.154. The first-order chi connectivity index (χ1) is 15.9. The number of hydrogen-bond donors (Lipinski definition) is 3. The number of aryl methyl sites for hydroxylation is 1. The van der Waals surface area contributed by atoms with Crippen LogP contribution in [0.15, 0.2) is 11.0 Å². The molecular weight excluding hydrogens is 452 g/mol. The number of carbonyl (C=O) groups excluding carboxylic acids is 2. The maximum atomic E-state index is 13.2.